The van der Waals surface area contributed by atoms with Gasteiger partial charge in [-0.15, -0.1) is 0 Å². The van der Waals surface area contributed by atoms with E-state index in [1.807, 2.05) is 31.2 Å². The normalized spacial score (nSPS) is 21.9. The van der Waals surface area contributed by atoms with Gasteiger partial charge < -0.3 is 9.72 Å². The first kappa shape index (κ1) is 16.3. The maximum absolute atomic E-state index is 13.2. The van der Waals surface area contributed by atoms with Crippen molar-refractivity contribution in [2.75, 3.05) is 13.1 Å². The summed E-state index contributed by atoms with van der Waals surface area (Å²) in [7, 11) is 0. The van der Waals surface area contributed by atoms with Gasteiger partial charge in [-0.1, -0.05) is 30.3 Å². The molecule has 1 N–H and O–H groups in total. The largest absolute Gasteiger partial charge is 0.373 e. The molecule has 3 aromatic rings. The standard InChI is InChI=1S/C21H24N2O2/c1-13-10-23(11-14(2)25-13)12-19-15(3)22-20-17-7-5-4-6-16(17)8-9-18(20)21(19)24/h4-9,13-14H,10-12H2,1-3H3,(H,22,24)/t13-,14-/m0/s1. The first-order valence-electron chi connectivity index (χ1n) is 8.94. The summed E-state index contributed by atoms with van der Waals surface area (Å²) >= 11 is 0. The fraction of sp³-hybridized carbons (Fsp3) is 0.381. The van der Waals surface area contributed by atoms with Gasteiger partial charge in [-0.05, 0) is 32.2 Å². The Hall–Kier alpha value is -2.17. The number of H-pyrrole nitrogens is 1. The zero-order chi connectivity index (χ0) is 17.6. The van der Waals surface area contributed by atoms with Crippen LogP contribution in [0, 0.1) is 6.92 Å². The highest BCUT2D eigenvalue weighted by atomic mass is 16.5. The summed E-state index contributed by atoms with van der Waals surface area (Å²) in [5, 5.41) is 3.02. The molecule has 1 fully saturated rings. The van der Waals surface area contributed by atoms with Crippen molar-refractivity contribution in [1.29, 1.82) is 0 Å². The molecule has 2 aromatic carbocycles. The van der Waals surface area contributed by atoms with Gasteiger partial charge in [-0.25, -0.2) is 0 Å². The second-order valence-electron chi connectivity index (χ2n) is 7.22. The first-order valence-corrected chi connectivity index (χ1v) is 8.94. The Bertz CT molecular complexity index is 982. The molecule has 1 aliphatic heterocycles. The van der Waals surface area contributed by atoms with E-state index in [1.165, 1.54) is 0 Å². The number of aromatic amines is 1. The number of fused-ring (bicyclic) bond motifs is 3. The maximum Gasteiger partial charge on any atom is 0.194 e. The molecule has 1 saturated heterocycles. The summed E-state index contributed by atoms with van der Waals surface area (Å²) in [6, 6.07) is 12.2. The number of aryl methyl sites for hydroxylation is 1. The lowest BCUT2D eigenvalue weighted by molar-refractivity contribution is -0.0706. The van der Waals surface area contributed by atoms with Crippen molar-refractivity contribution in [3.63, 3.8) is 0 Å². The minimum Gasteiger partial charge on any atom is -0.373 e. The number of hydrogen-bond donors (Lipinski definition) is 1. The predicted octanol–water partition coefficient (Wildman–Crippen LogP) is 3.60. The van der Waals surface area contributed by atoms with Crippen LogP contribution in [0.3, 0.4) is 0 Å². The number of morpholine rings is 1. The highest BCUT2D eigenvalue weighted by Gasteiger charge is 2.23. The van der Waals surface area contributed by atoms with E-state index >= 15 is 0 Å². The van der Waals surface area contributed by atoms with Crippen molar-refractivity contribution in [3.05, 3.63) is 57.9 Å². The summed E-state index contributed by atoms with van der Waals surface area (Å²) in [4.78, 5) is 19.0. The molecule has 2 heterocycles. The van der Waals surface area contributed by atoms with E-state index in [0.717, 1.165) is 46.0 Å². The Morgan fingerprint density at radius 1 is 1.08 bits per heavy atom. The summed E-state index contributed by atoms with van der Waals surface area (Å²) < 4.78 is 5.81. The highest BCUT2D eigenvalue weighted by Crippen LogP contribution is 2.23. The van der Waals surface area contributed by atoms with Gasteiger partial charge in [0.2, 0.25) is 0 Å². The summed E-state index contributed by atoms with van der Waals surface area (Å²) in [5.41, 5.74) is 2.90. The van der Waals surface area contributed by atoms with Gasteiger partial charge in [-0.3, -0.25) is 9.69 Å². The van der Waals surface area contributed by atoms with Gasteiger partial charge in [0.1, 0.15) is 0 Å². The third kappa shape index (κ3) is 2.96. The number of aromatic nitrogens is 1. The van der Waals surface area contributed by atoms with E-state index in [0.29, 0.717) is 6.54 Å². The lowest BCUT2D eigenvalue weighted by atomic mass is 10.0. The maximum atomic E-state index is 13.2. The molecule has 1 aliphatic rings. The van der Waals surface area contributed by atoms with E-state index in [4.69, 9.17) is 4.74 Å². The van der Waals surface area contributed by atoms with Crippen LogP contribution in [0.25, 0.3) is 21.7 Å². The molecule has 4 heteroatoms. The molecule has 0 bridgehead atoms. The summed E-state index contributed by atoms with van der Waals surface area (Å²) in [5.74, 6) is 0. The molecule has 0 unspecified atom stereocenters. The molecule has 0 saturated carbocycles. The van der Waals surface area contributed by atoms with Gasteiger partial charge in [-0.2, -0.15) is 0 Å². The van der Waals surface area contributed by atoms with E-state index < -0.39 is 0 Å². The Morgan fingerprint density at radius 3 is 2.56 bits per heavy atom. The van der Waals surface area contributed by atoms with Crippen LogP contribution in [0.15, 0.2) is 41.2 Å². The second-order valence-corrected chi connectivity index (χ2v) is 7.22. The minimum absolute atomic E-state index is 0.142. The molecular formula is C21H24N2O2. The fourth-order valence-electron chi connectivity index (χ4n) is 4.02. The summed E-state index contributed by atoms with van der Waals surface area (Å²) in [6.45, 7) is 8.57. The van der Waals surface area contributed by atoms with Crippen molar-refractivity contribution >= 4 is 21.7 Å². The van der Waals surface area contributed by atoms with Gasteiger partial charge in [0.25, 0.3) is 0 Å². The predicted molar refractivity (Wildman–Crippen MR) is 102 cm³/mol. The van der Waals surface area contributed by atoms with E-state index in [1.54, 1.807) is 0 Å². The second kappa shape index (κ2) is 6.28. The lowest BCUT2D eigenvalue weighted by Crippen LogP contribution is -2.45. The fourth-order valence-corrected chi connectivity index (χ4v) is 4.02. The quantitative estimate of drug-likeness (QED) is 0.727. The molecule has 0 spiro atoms. The topological polar surface area (TPSA) is 45.3 Å². The monoisotopic (exact) mass is 336 g/mol. The third-order valence-electron chi connectivity index (χ3n) is 5.09. The number of benzene rings is 2. The van der Waals surface area contributed by atoms with Crippen LogP contribution in [-0.4, -0.2) is 35.2 Å². The average Bonchev–Trinajstić information content (AvgIpc) is 2.57. The van der Waals surface area contributed by atoms with Crippen LogP contribution in [-0.2, 0) is 11.3 Å². The van der Waals surface area contributed by atoms with Crippen LogP contribution in [0.5, 0.6) is 0 Å². The number of hydrogen-bond acceptors (Lipinski definition) is 3. The van der Waals surface area contributed by atoms with Crippen LogP contribution >= 0.6 is 0 Å². The Morgan fingerprint density at radius 2 is 1.80 bits per heavy atom. The zero-order valence-electron chi connectivity index (χ0n) is 15.0. The van der Waals surface area contributed by atoms with Crippen LogP contribution in [0.1, 0.15) is 25.1 Å². The van der Waals surface area contributed by atoms with Gasteiger partial charge in [0.05, 0.1) is 17.7 Å². The van der Waals surface area contributed by atoms with Gasteiger partial charge in [0, 0.05) is 41.7 Å². The van der Waals surface area contributed by atoms with Gasteiger partial charge >= 0.3 is 0 Å². The molecule has 0 aliphatic carbocycles. The molecule has 130 valence electrons. The molecule has 25 heavy (non-hydrogen) atoms. The molecule has 2 atom stereocenters. The van der Waals surface area contributed by atoms with Crippen molar-refractivity contribution in [3.8, 4) is 0 Å². The van der Waals surface area contributed by atoms with Crippen molar-refractivity contribution in [1.82, 2.24) is 9.88 Å². The molecule has 1 aromatic heterocycles. The minimum atomic E-state index is 0.142. The molecule has 0 radical (unpaired) electrons. The first-order chi connectivity index (χ1) is 12.0. The van der Waals surface area contributed by atoms with E-state index in [2.05, 4.69) is 35.9 Å². The average molecular weight is 336 g/mol. The number of rotatable bonds is 2. The number of nitrogens with zero attached hydrogens (tertiary/aromatic N) is 1. The molecule has 0 amide bonds. The summed E-state index contributed by atoms with van der Waals surface area (Å²) in [6.07, 6.45) is 0.403. The number of pyridine rings is 1. The van der Waals surface area contributed by atoms with Crippen molar-refractivity contribution in [2.45, 2.75) is 39.5 Å². The molecule has 4 rings (SSSR count). The van der Waals surface area contributed by atoms with Gasteiger partial charge in [0.15, 0.2) is 5.43 Å². The number of ether oxygens (including phenoxy) is 1. The zero-order valence-corrected chi connectivity index (χ0v) is 15.0. The Labute approximate surface area is 147 Å². The third-order valence-corrected chi connectivity index (χ3v) is 5.09. The smallest absolute Gasteiger partial charge is 0.194 e. The van der Waals surface area contributed by atoms with E-state index in [9.17, 15) is 4.79 Å². The SMILES string of the molecule is Cc1[nH]c2c(ccc3ccccc32)c(=O)c1CN1C[C@H](C)O[C@@H](C)C1. The molecule has 4 nitrogen and oxygen atoms in total. The van der Waals surface area contributed by atoms with Crippen LogP contribution in [0.2, 0.25) is 0 Å². The lowest BCUT2D eigenvalue weighted by Gasteiger charge is -2.35. The molecular weight excluding hydrogens is 312 g/mol. The van der Waals surface area contributed by atoms with Crippen LogP contribution < -0.4 is 5.43 Å². The Kier molecular flexibility index (Phi) is 4.10. The van der Waals surface area contributed by atoms with Crippen molar-refractivity contribution < 1.29 is 4.74 Å². The highest BCUT2D eigenvalue weighted by molar-refractivity contribution is 6.05. The van der Waals surface area contributed by atoms with Crippen molar-refractivity contribution in [2.24, 2.45) is 0 Å². The Balaban J connectivity index is 1.80. The van der Waals surface area contributed by atoms with Crippen LogP contribution in [0.4, 0.5) is 0 Å². The number of nitrogens with one attached hydrogen (secondary N) is 1. The van der Waals surface area contributed by atoms with E-state index in [-0.39, 0.29) is 17.6 Å².